The fraction of sp³-hybridized carbons (Fsp3) is 0.462. The predicted molar refractivity (Wildman–Crippen MR) is 75.0 cm³/mol. The number of nitrogen functional groups attached to an aromatic ring is 1. The molecule has 5 heteroatoms. The molecule has 0 bridgehead atoms. The van der Waals surface area contributed by atoms with Gasteiger partial charge in [-0.3, -0.25) is 0 Å². The number of nitrogens with two attached hydrogens (primary N) is 1. The molecule has 2 N–H and O–H groups in total. The Morgan fingerprint density at radius 1 is 1.33 bits per heavy atom. The van der Waals surface area contributed by atoms with Crippen molar-refractivity contribution in [2.24, 2.45) is 0 Å². The number of aromatic nitrogens is 2. The maximum absolute atomic E-state index is 5.93. The van der Waals surface area contributed by atoms with Crippen molar-refractivity contribution < 1.29 is 4.74 Å². The molecule has 0 saturated carbocycles. The summed E-state index contributed by atoms with van der Waals surface area (Å²) in [6, 6.07) is 5.75. The molecule has 0 aliphatic heterocycles. The van der Waals surface area contributed by atoms with E-state index in [-0.39, 0.29) is 0 Å². The fourth-order valence-electron chi connectivity index (χ4n) is 1.43. The van der Waals surface area contributed by atoms with Gasteiger partial charge in [0.2, 0.25) is 0 Å². The molecule has 0 spiro atoms. The van der Waals surface area contributed by atoms with Crippen LogP contribution >= 0.6 is 0 Å². The minimum absolute atomic E-state index is 0.507. The Morgan fingerprint density at radius 3 is 2.67 bits per heavy atom. The first-order valence-corrected chi connectivity index (χ1v) is 6.19. The van der Waals surface area contributed by atoms with Gasteiger partial charge in [0.25, 0.3) is 5.88 Å². The molecule has 0 fully saturated rings. The molecule has 0 aliphatic rings. The predicted octanol–water partition coefficient (Wildman–Crippen LogP) is 1.88. The Balaban J connectivity index is 0.000000771. The Kier molecular flexibility index (Phi) is 5.45. The zero-order valence-corrected chi connectivity index (χ0v) is 11.6. The third-order valence-electron chi connectivity index (χ3n) is 2.32. The van der Waals surface area contributed by atoms with Gasteiger partial charge in [-0.05, 0) is 26.2 Å². The van der Waals surface area contributed by atoms with Crippen LogP contribution in [0, 0.1) is 0 Å². The van der Waals surface area contributed by atoms with E-state index in [9.17, 15) is 0 Å². The summed E-state index contributed by atoms with van der Waals surface area (Å²) in [5, 5.41) is 4.26. The largest absolute Gasteiger partial charge is 0.474 e. The molecule has 2 aromatic rings. The van der Waals surface area contributed by atoms with Gasteiger partial charge in [0.15, 0.2) is 0 Å². The average Bonchev–Trinajstić information content (AvgIpc) is 2.69. The molecular weight excluding hydrogens is 228 g/mol. The van der Waals surface area contributed by atoms with Crippen LogP contribution in [0.3, 0.4) is 0 Å². The highest BCUT2D eigenvalue weighted by atomic mass is 16.5. The minimum Gasteiger partial charge on any atom is -0.474 e. The second kappa shape index (κ2) is 6.86. The quantitative estimate of drug-likeness (QED) is 0.900. The molecule has 5 nitrogen and oxygen atoms in total. The molecule has 2 rings (SSSR count). The highest BCUT2D eigenvalue weighted by Gasteiger charge is 2.09. The summed E-state index contributed by atoms with van der Waals surface area (Å²) in [5.41, 5.74) is 7.41. The monoisotopic (exact) mass is 250 g/mol. The first-order chi connectivity index (χ1) is 8.68. The summed E-state index contributed by atoms with van der Waals surface area (Å²) in [6.45, 7) is 5.42. The number of pyridine rings is 1. The Bertz CT molecular complexity index is 479. The molecule has 0 saturated heterocycles. The molecule has 0 amide bonds. The number of hydrogen-bond acceptors (Lipinski definition) is 4. The lowest BCUT2D eigenvalue weighted by molar-refractivity contribution is 0.254. The zero-order valence-electron chi connectivity index (χ0n) is 11.6. The smallest absolute Gasteiger partial charge is 0.257 e. The molecule has 0 unspecified atom stereocenters. The lowest BCUT2D eigenvalue weighted by Gasteiger charge is -2.09. The van der Waals surface area contributed by atoms with Crippen LogP contribution in [0.2, 0.25) is 0 Å². The van der Waals surface area contributed by atoms with Crippen LogP contribution < -0.4 is 10.5 Å². The maximum atomic E-state index is 5.93. The molecule has 2 heterocycles. The normalized spacial score (nSPS) is 10.3. The van der Waals surface area contributed by atoms with E-state index in [1.165, 1.54) is 0 Å². The van der Waals surface area contributed by atoms with E-state index in [1.807, 2.05) is 57.2 Å². The van der Waals surface area contributed by atoms with Crippen LogP contribution in [-0.4, -0.2) is 41.8 Å². The summed E-state index contributed by atoms with van der Waals surface area (Å²) in [6.07, 6.45) is 1.85. The van der Waals surface area contributed by atoms with Gasteiger partial charge in [0.1, 0.15) is 12.3 Å². The van der Waals surface area contributed by atoms with Gasteiger partial charge < -0.3 is 15.4 Å². The summed E-state index contributed by atoms with van der Waals surface area (Å²) in [5.74, 6) is 0.507. The summed E-state index contributed by atoms with van der Waals surface area (Å²) < 4.78 is 7.26. The summed E-state index contributed by atoms with van der Waals surface area (Å²) >= 11 is 0. The first-order valence-electron chi connectivity index (χ1n) is 6.19. The number of hydrogen-bond donors (Lipinski definition) is 1. The molecule has 18 heavy (non-hydrogen) atoms. The van der Waals surface area contributed by atoms with Crippen LogP contribution in [0.4, 0.5) is 5.69 Å². The van der Waals surface area contributed by atoms with Gasteiger partial charge >= 0.3 is 0 Å². The molecule has 100 valence electrons. The van der Waals surface area contributed by atoms with Crippen molar-refractivity contribution >= 4 is 11.2 Å². The standard InChI is InChI=1S/C11H16N4O.C2H6/c1-14(2)7-8-16-11-10(12)9-5-3-4-6-15(9)13-11;1-2/h3-6H,7-8,12H2,1-2H3;1-2H3. The Labute approximate surface area is 108 Å². The van der Waals surface area contributed by atoms with Crippen LogP contribution in [0.15, 0.2) is 24.4 Å². The molecule has 0 radical (unpaired) electrons. The Morgan fingerprint density at radius 2 is 2.06 bits per heavy atom. The SMILES string of the molecule is CC.CN(C)CCOc1nn2ccccc2c1N. The highest BCUT2D eigenvalue weighted by molar-refractivity contribution is 5.74. The van der Waals surface area contributed by atoms with Gasteiger partial charge in [-0.25, -0.2) is 4.52 Å². The zero-order chi connectivity index (χ0) is 13.5. The van der Waals surface area contributed by atoms with E-state index in [4.69, 9.17) is 10.5 Å². The lowest BCUT2D eigenvalue weighted by Crippen LogP contribution is -2.19. The number of fused-ring (bicyclic) bond motifs is 1. The number of anilines is 1. The fourth-order valence-corrected chi connectivity index (χ4v) is 1.43. The van der Waals surface area contributed by atoms with E-state index < -0.39 is 0 Å². The van der Waals surface area contributed by atoms with Gasteiger partial charge in [0, 0.05) is 12.7 Å². The highest BCUT2D eigenvalue weighted by Crippen LogP contribution is 2.24. The lowest BCUT2D eigenvalue weighted by atomic mass is 10.4. The van der Waals surface area contributed by atoms with Gasteiger partial charge in [0.05, 0.1) is 5.52 Å². The van der Waals surface area contributed by atoms with Crippen molar-refractivity contribution in [3.05, 3.63) is 24.4 Å². The molecular formula is C13H22N4O. The van der Waals surface area contributed by atoms with E-state index in [0.29, 0.717) is 18.2 Å². The third kappa shape index (κ3) is 3.37. The van der Waals surface area contributed by atoms with Crippen molar-refractivity contribution in [3.63, 3.8) is 0 Å². The van der Waals surface area contributed by atoms with Gasteiger partial charge in [-0.1, -0.05) is 19.9 Å². The topological polar surface area (TPSA) is 55.8 Å². The van der Waals surface area contributed by atoms with Crippen molar-refractivity contribution in [1.82, 2.24) is 14.5 Å². The second-order valence-electron chi connectivity index (χ2n) is 3.90. The van der Waals surface area contributed by atoms with Crippen molar-refractivity contribution in [2.75, 3.05) is 33.0 Å². The van der Waals surface area contributed by atoms with Gasteiger partial charge in [-0.2, -0.15) is 0 Å². The third-order valence-corrected chi connectivity index (χ3v) is 2.32. The summed E-state index contributed by atoms with van der Waals surface area (Å²) in [7, 11) is 3.99. The van der Waals surface area contributed by atoms with Crippen LogP contribution in [0.25, 0.3) is 5.52 Å². The number of rotatable bonds is 4. The van der Waals surface area contributed by atoms with Crippen molar-refractivity contribution in [3.8, 4) is 5.88 Å². The van der Waals surface area contributed by atoms with Crippen LogP contribution in [0.5, 0.6) is 5.88 Å². The summed E-state index contributed by atoms with van der Waals surface area (Å²) in [4.78, 5) is 2.05. The van der Waals surface area contributed by atoms with Crippen LogP contribution in [-0.2, 0) is 0 Å². The number of nitrogens with zero attached hydrogens (tertiary/aromatic N) is 3. The van der Waals surface area contributed by atoms with Crippen molar-refractivity contribution in [2.45, 2.75) is 13.8 Å². The van der Waals surface area contributed by atoms with Gasteiger partial charge in [-0.15, -0.1) is 5.10 Å². The minimum atomic E-state index is 0.507. The molecule has 0 atom stereocenters. The van der Waals surface area contributed by atoms with E-state index in [1.54, 1.807) is 4.52 Å². The Hall–Kier alpha value is -1.75. The van der Waals surface area contributed by atoms with E-state index in [2.05, 4.69) is 5.10 Å². The second-order valence-corrected chi connectivity index (χ2v) is 3.90. The number of likely N-dealkylation sites (N-methyl/N-ethyl adjacent to an activating group) is 1. The van der Waals surface area contributed by atoms with E-state index >= 15 is 0 Å². The molecule has 0 aliphatic carbocycles. The maximum Gasteiger partial charge on any atom is 0.257 e. The van der Waals surface area contributed by atoms with E-state index in [0.717, 1.165) is 12.1 Å². The average molecular weight is 250 g/mol. The van der Waals surface area contributed by atoms with Crippen LogP contribution in [0.1, 0.15) is 13.8 Å². The van der Waals surface area contributed by atoms with Crippen molar-refractivity contribution in [1.29, 1.82) is 0 Å². The molecule has 2 aromatic heterocycles. The first kappa shape index (κ1) is 14.3. The molecule has 0 aromatic carbocycles. The number of ether oxygens (including phenoxy) is 1.